The van der Waals surface area contributed by atoms with Crippen molar-refractivity contribution in [1.82, 2.24) is 14.7 Å². The van der Waals surface area contributed by atoms with E-state index in [-0.39, 0.29) is 11.5 Å². The molecule has 5 heteroatoms. The molecule has 1 saturated heterocycles. The Morgan fingerprint density at radius 3 is 2.71 bits per heavy atom. The van der Waals surface area contributed by atoms with Crippen LogP contribution in [0.25, 0.3) is 0 Å². The quantitative estimate of drug-likeness (QED) is 0.762. The van der Waals surface area contributed by atoms with E-state index in [1.807, 2.05) is 4.90 Å². The smallest absolute Gasteiger partial charge is 0.267 e. The zero-order chi connectivity index (χ0) is 12.3. The van der Waals surface area contributed by atoms with E-state index >= 15 is 0 Å². The molecule has 92 valence electrons. The lowest BCUT2D eigenvalue weighted by Gasteiger charge is -2.29. The highest BCUT2D eigenvalue weighted by atomic mass is 16.2. The summed E-state index contributed by atoms with van der Waals surface area (Å²) in [5.74, 6) is -0.00880. The summed E-state index contributed by atoms with van der Waals surface area (Å²) < 4.78 is 1.25. The average Bonchev–Trinajstić information content (AvgIpc) is 2.39. The number of rotatable bonds is 2. The maximum Gasteiger partial charge on any atom is 0.267 e. The van der Waals surface area contributed by atoms with E-state index in [0.717, 1.165) is 25.9 Å². The first-order chi connectivity index (χ1) is 8.20. The van der Waals surface area contributed by atoms with E-state index in [0.29, 0.717) is 0 Å². The SMILES string of the molecule is CC(C(=O)N1CCCCC1)n1ncccc1=O. The third-order valence-corrected chi connectivity index (χ3v) is 3.13. The van der Waals surface area contributed by atoms with E-state index in [9.17, 15) is 9.59 Å². The van der Waals surface area contributed by atoms with Crippen molar-refractivity contribution in [2.45, 2.75) is 32.2 Å². The number of hydrogen-bond acceptors (Lipinski definition) is 3. The van der Waals surface area contributed by atoms with Crippen LogP contribution in [0.1, 0.15) is 32.2 Å². The molecule has 1 aliphatic rings. The minimum Gasteiger partial charge on any atom is -0.341 e. The van der Waals surface area contributed by atoms with Crippen LogP contribution in [0.4, 0.5) is 0 Å². The van der Waals surface area contributed by atoms with Gasteiger partial charge >= 0.3 is 0 Å². The lowest BCUT2D eigenvalue weighted by Crippen LogP contribution is -2.42. The Morgan fingerprint density at radius 2 is 2.06 bits per heavy atom. The highest BCUT2D eigenvalue weighted by molar-refractivity contribution is 5.80. The van der Waals surface area contributed by atoms with Gasteiger partial charge in [0.25, 0.3) is 5.56 Å². The standard InChI is InChI=1S/C12H17N3O2/c1-10(15-11(16)6-5-7-13-15)12(17)14-8-3-2-4-9-14/h5-7,10H,2-4,8-9H2,1H3. The molecular weight excluding hydrogens is 218 g/mol. The van der Waals surface area contributed by atoms with Crippen molar-refractivity contribution < 1.29 is 4.79 Å². The first-order valence-electron chi connectivity index (χ1n) is 6.03. The van der Waals surface area contributed by atoms with Crippen molar-refractivity contribution in [3.8, 4) is 0 Å². The number of nitrogens with zero attached hydrogens (tertiary/aromatic N) is 3. The van der Waals surface area contributed by atoms with Gasteiger partial charge in [-0.15, -0.1) is 0 Å². The van der Waals surface area contributed by atoms with Crippen LogP contribution < -0.4 is 5.56 Å². The minimum absolute atomic E-state index is 0.00880. The molecule has 2 heterocycles. The van der Waals surface area contributed by atoms with E-state index in [1.165, 1.54) is 23.4 Å². The molecule has 0 saturated carbocycles. The van der Waals surface area contributed by atoms with Crippen LogP contribution in [0.3, 0.4) is 0 Å². The molecule has 1 amide bonds. The fraction of sp³-hybridized carbons (Fsp3) is 0.583. The minimum atomic E-state index is -0.512. The first-order valence-corrected chi connectivity index (χ1v) is 6.03. The lowest BCUT2D eigenvalue weighted by molar-refractivity contribution is -0.135. The van der Waals surface area contributed by atoms with E-state index in [1.54, 1.807) is 13.0 Å². The number of hydrogen-bond donors (Lipinski definition) is 0. The second-order valence-corrected chi connectivity index (χ2v) is 4.37. The molecule has 0 radical (unpaired) electrons. The number of carbonyl (C=O) groups excluding carboxylic acids is 1. The normalized spacial score (nSPS) is 17.8. The van der Waals surface area contributed by atoms with Gasteiger partial charge in [0.05, 0.1) is 0 Å². The van der Waals surface area contributed by atoms with E-state index in [2.05, 4.69) is 5.10 Å². The molecule has 0 spiro atoms. The van der Waals surface area contributed by atoms with Crippen LogP contribution >= 0.6 is 0 Å². The van der Waals surface area contributed by atoms with Crippen LogP contribution in [-0.4, -0.2) is 33.7 Å². The highest BCUT2D eigenvalue weighted by Gasteiger charge is 2.24. The molecule has 0 aliphatic carbocycles. The van der Waals surface area contributed by atoms with E-state index in [4.69, 9.17) is 0 Å². The molecule has 1 unspecified atom stereocenters. The Hall–Kier alpha value is -1.65. The van der Waals surface area contributed by atoms with Gasteiger partial charge in [-0.3, -0.25) is 9.59 Å². The number of aromatic nitrogens is 2. The lowest BCUT2D eigenvalue weighted by atomic mass is 10.1. The van der Waals surface area contributed by atoms with Gasteiger partial charge in [-0.25, -0.2) is 4.68 Å². The van der Waals surface area contributed by atoms with Crippen molar-refractivity contribution in [3.63, 3.8) is 0 Å². The number of amides is 1. The number of piperidine rings is 1. The van der Waals surface area contributed by atoms with Crippen molar-refractivity contribution >= 4 is 5.91 Å². The summed E-state index contributed by atoms with van der Waals surface area (Å²) in [4.78, 5) is 25.6. The maximum absolute atomic E-state index is 12.2. The first kappa shape index (κ1) is 11.8. The van der Waals surface area contributed by atoms with E-state index < -0.39 is 6.04 Å². The molecule has 1 aliphatic heterocycles. The van der Waals surface area contributed by atoms with Gasteiger partial charge in [0.2, 0.25) is 5.91 Å². The van der Waals surface area contributed by atoms with Gasteiger partial charge in [0.1, 0.15) is 6.04 Å². The second kappa shape index (κ2) is 5.12. The van der Waals surface area contributed by atoms with Gasteiger partial charge in [-0.1, -0.05) is 0 Å². The summed E-state index contributed by atoms with van der Waals surface area (Å²) in [5.41, 5.74) is -0.231. The molecule has 1 atom stereocenters. The summed E-state index contributed by atoms with van der Waals surface area (Å²) in [5, 5.41) is 3.95. The predicted molar refractivity (Wildman–Crippen MR) is 63.6 cm³/mol. The molecule has 0 N–H and O–H groups in total. The molecule has 1 fully saturated rings. The van der Waals surface area contributed by atoms with Crippen LogP contribution in [0.2, 0.25) is 0 Å². The average molecular weight is 235 g/mol. The number of carbonyl (C=O) groups is 1. The summed E-state index contributed by atoms with van der Waals surface area (Å²) in [6, 6.07) is 2.49. The van der Waals surface area contributed by atoms with Crippen LogP contribution in [-0.2, 0) is 4.79 Å². The fourth-order valence-corrected chi connectivity index (χ4v) is 2.14. The molecule has 17 heavy (non-hydrogen) atoms. The van der Waals surface area contributed by atoms with Crippen LogP contribution in [0, 0.1) is 0 Å². The van der Waals surface area contributed by atoms with Crippen LogP contribution in [0.15, 0.2) is 23.1 Å². The van der Waals surface area contributed by atoms with Crippen molar-refractivity contribution in [2.24, 2.45) is 0 Å². The third kappa shape index (κ3) is 2.54. The molecule has 0 bridgehead atoms. The van der Waals surface area contributed by atoms with Crippen LogP contribution in [0.5, 0.6) is 0 Å². The zero-order valence-corrected chi connectivity index (χ0v) is 10.0. The Balaban J connectivity index is 2.14. The zero-order valence-electron chi connectivity index (χ0n) is 10.0. The largest absolute Gasteiger partial charge is 0.341 e. The van der Waals surface area contributed by atoms with Crippen molar-refractivity contribution in [1.29, 1.82) is 0 Å². The predicted octanol–water partition coefficient (Wildman–Crippen LogP) is 0.817. The molecule has 2 rings (SSSR count). The topological polar surface area (TPSA) is 55.2 Å². The maximum atomic E-state index is 12.2. The van der Waals surface area contributed by atoms with Gasteiger partial charge in [-0.2, -0.15) is 5.10 Å². The second-order valence-electron chi connectivity index (χ2n) is 4.37. The Kier molecular flexibility index (Phi) is 3.56. The van der Waals surface area contributed by atoms with Gasteiger partial charge in [0, 0.05) is 25.4 Å². The third-order valence-electron chi connectivity index (χ3n) is 3.13. The fourth-order valence-electron chi connectivity index (χ4n) is 2.14. The highest BCUT2D eigenvalue weighted by Crippen LogP contribution is 2.13. The van der Waals surface area contributed by atoms with Crippen molar-refractivity contribution in [2.75, 3.05) is 13.1 Å². The van der Waals surface area contributed by atoms with Gasteiger partial charge in [0.15, 0.2) is 0 Å². The van der Waals surface area contributed by atoms with Gasteiger partial charge < -0.3 is 4.90 Å². The molecule has 5 nitrogen and oxygen atoms in total. The molecule has 1 aromatic rings. The molecular formula is C12H17N3O2. The Bertz CT molecular complexity index is 449. The summed E-state index contributed by atoms with van der Waals surface area (Å²) in [6.07, 6.45) is 4.81. The monoisotopic (exact) mass is 235 g/mol. The summed E-state index contributed by atoms with van der Waals surface area (Å²) in [7, 11) is 0. The molecule has 0 aromatic carbocycles. The Morgan fingerprint density at radius 1 is 1.35 bits per heavy atom. The number of likely N-dealkylation sites (tertiary alicyclic amines) is 1. The molecule has 1 aromatic heterocycles. The summed E-state index contributed by atoms with van der Waals surface area (Å²) >= 11 is 0. The summed E-state index contributed by atoms with van der Waals surface area (Å²) in [6.45, 7) is 3.32. The van der Waals surface area contributed by atoms with Gasteiger partial charge in [-0.05, 0) is 32.3 Å². The van der Waals surface area contributed by atoms with Crippen molar-refractivity contribution in [3.05, 3.63) is 28.7 Å². The Labute approximate surface area is 100 Å².